The first-order valence-electron chi connectivity index (χ1n) is 16.9. The Morgan fingerprint density at radius 2 is 1.35 bits per heavy atom. The average molecular weight is 690 g/mol. The highest BCUT2D eigenvalue weighted by molar-refractivity contribution is 6.02. The number of ether oxygens (including phenoxy) is 3. The van der Waals surface area contributed by atoms with Crippen molar-refractivity contribution in [2.24, 2.45) is 11.1 Å². The van der Waals surface area contributed by atoms with Crippen LogP contribution in [-0.2, 0) is 27.3 Å². The molecule has 2 atom stereocenters. The van der Waals surface area contributed by atoms with Crippen LogP contribution in [0.5, 0.6) is 5.75 Å². The van der Waals surface area contributed by atoms with Crippen LogP contribution in [0, 0.1) is 10.8 Å². The lowest BCUT2D eigenvalue weighted by molar-refractivity contribution is -0.168. The molecule has 1 amide bonds. The molecule has 1 aliphatic rings. The summed E-state index contributed by atoms with van der Waals surface area (Å²) in [6, 6.07) is 30.7. The molecular weight excluding hydrogens is 646 g/mol. The van der Waals surface area contributed by atoms with Crippen LogP contribution in [-0.4, -0.2) is 52.7 Å². The van der Waals surface area contributed by atoms with Gasteiger partial charge in [-0.2, -0.15) is 0 Å². The second kappa shape index (κ2) is 15.8. The summed E-state index contributed by atoms with van der Waals surface area (Å²) in [5, 5.41) is 7.60. The van der Waals surface area contributed by atoms with E-state index in [2.05, 4.69) is 0 Å². The number of hydrogen-bond acceptors (Lipinski definition) is 8. The van der Waals surface area contributed by atoms with E-state index in [-0.39, 0.29) is 30.2 Å². The number of nitrogens with two attached hydrogens (primary N) is 1. The van der Waals surface area contributed by atoms with Crippen LogP contribution >= 0.6 is 0 Å². The number of carbonyl (C=O) groups excluding carboxylic acids is 4. The van der Waals surface area contributed by atoms with Gasteiger partial charge < -0.3 is 19.9 Å². The van der Waals surface area contributed by atoms with E-state index in [0.717, 1.165) is 11.1 Å². The number of nitrogens with zero attached hydrogens (tertiary/aromatic N) is 1. The summed E-state index contributed by atoms with van der Waals surface area (Å²) in [6.45, 7) is 6.06. The minimum atomic E-state index is -1.63. The summed E-state index contributed by atoms with van der Waals surface area (Å²) in [4.78, 5) is 55.5. The van der Waals surface area contributed by atoms with Crippen LogP contribution in [0.3, 0.4) is 0 Å². The Morgan fingerprint density at radius 3 is 1.94 bits per heavy atom. The maximum absolute atomic E-state index is 14.2. The number of rotatable bonds is 12. The topological polar surface area (TPSA) is 149 Å². The van der Waals surface area contributed by atoms with E-state index < -0.39 is 35.1 Å². The van der Waals surface area contributed by atoms with Crippen molar-refractivity contribution < 1.29 is 33.4 Å². The highest BCUT2D eigenvalue weighted by Gasteiger charge is 2.53. The van der Waals surface area contributed by atoms with Crippen LogP contribution in [0.4, 0.5) is 4.79 Å². The van der Waals surface area contributed by atoms with Crippen molar-refractivity contribution in [3.8, 4) is 5.75 Å². The van der Waals surface area contributed by atoms with E-state index >= 15 is 0 Å². The number of carbonyl (C=O) groups is 4. The lowest BCUT2D eigenvalue weighted by atomic mass is 9.72. The fourth-order valence-electron chi connectivity index (χ4n) is 6.15. The molecule has 1 fully saturated rings. The summed E-state index contributed by atoms with van der Waals surface area (Å²) in [7, 11) is 0. The molecule has 0 spiro atoms. The van der Waals surface area contributed by atoms with Gasteiger partial charge in [0.25, 0.3) is 0 Å². The minimum absolute atomic E-state index is 0.114. The molecule has 0 radical (unpaired) electrons. The third kappa shape index (κ3) is 8.70. The first-order chi connectivity index (χ1) is 24.4. The normalized spacial score (nSPS) is 15.4. The largest absolute Gasteiger partial charge is 0.475 e. The summed E-state index contributed by atoms with van der Waals surface area (Å²) < 4.78 is 17.6. The van der Waals surface area contributed by atoms with Gasteiger partial charge in [0.2, 0.25) is 5.60 Å². The van der Waals surface area contributed by atoms with Crippen molar-refractivity contribution >= 4 is 29.7 Å². The number of hydrogen-bond donors (Lipinski definition) is 2. The highest BCUT2D eigenvalue weighted by atomic mass is 16.6. The Morgan fingerprint density at radius 1 is 0.784 bits per heavy atom. The maximum atomic E-state index is 14.2. The lowest BCUT2D eigenvalue weighted by Gasteiger charge is -2.42. The van der Waals surface area contributed by atoms with Crippen molar-refractivity contribution in [1.82, 2.24) is 4.90 Å². The van der Waals surface area contributed by atoms with Crippen molar-refractivity contribution in [3.63, 3.8) is 0 Å². The molecule has 0 bridgehead atoms. The van der Waals surface area contributed by atoms with Crippen LogP contribution in [0.15, 0.2) is 109 Å². The SMILES string of the molecule is CC(C)(C)C(CCc1ccccc1)(Oc1ccc(C(=O)[C@@H]2CCCN2C(=O)OCc2ccccc2)cc1)C(=O)OC(=O)c1ccc(C(=N)N)cc1. The Balaban J connectivity index is 1.35. The number of amides is 1. The molecule has 1 heterocycles. The fraction of sp³-hybridized carbons (Fsp3) is 0.293. The number of ketones is 1. The number of amidine groups is 1. The predicted octanol–water partition coefficient (Wildman–Crippen LogP) is 7.13. The van der Waals surface area contributed by atoms with Crippen LogP contribution in [0.2, 0.25) is 0 Å². The zero-order valence-electron chi connectivity index (χ0n) is 29.1. The molecule has 1 saturated heterocycles. The average Bonchev–Trinajstić information content (AvgIpc) is 3.63. The van der Waals surface area contributed by atoms with Gasteiger partial charge in [-0.25, -0.2) is 14.4 Å². The molecule has 1 unspecified atom stereocenters. The molecular formula is C41H43N3O7. The van der Waals surface area contributed by atoms with Gasteiger partial charge in [0.15, 0.2) is 5.78 Å². The summed E-state index contributed by atoms with van der Waals surface area (Å²) in [5.74, 6) is -1.79. The second-order valence-electron chi connectivity index (χ2n) is 13.6. The van der Waals surface area contributed by atoms with Gasteiger partial charge in [-0.1, -0.05) is 93.6 Å². The number of esters is 2. The monoisotopic (exact) mass is 689 g/mol. The molecule has 0 saturated carbocycles. The number of aryl methyl sites for hydroxylation is 1. The number of likely N-dealkylation sites (tertiary alicyclic amines) is 1. The van der Waals surface area contributed by atoms with Gasteiger partial charge in [0.1, 0.15) is 18.2 Å². The number of nitrogens with one attached hydrogen (secondary N) is 1. The molecule has 3 N–H and O–H groups in total. The molecule has 51 heavy (non-hydrogen) atoms. The zero-order chi connectivity index (χ0) is 36.6. The molecule has 0 aliphatic carbocycles. The third-order valence-electron chi connectivity index (χ3n) is 9.19. The molecule has 0 aromatic heterocycles. The Hall–Kier alpha value is -5.77. The van der Waals surface area contributed by atoms with Crippen LogP contribution < -0.4 is 10.5 Å². The molecule has 4 aromatic rings. The zero-order valence-corrected chi connectivity index (χ0v) is 29.1. The minimum Gasteiger partial charge on any atom is -0.475 e. The fourth-order valence-corrected chi connectivity index (χ4v) is 6.15. The molecule has 1 aliphatic heterocycles. The Kier molecular flexibility index (Phi) is 11.3. The number of nitrogen functional groups attached to an aromatic ring is 1. The van der Waals surface area contributed by atoms with Crippen molar-refractivity contribution in [2.75, 3.05) is 6.54 Å². The first-order valence-corrected chi connectivity index (χ1v) is 16.9. The first kappa shape index (κ1) is 36.5. The van der Waals surface area contributed by atoms with Gasteiger partial charge in [-0.05, 0) is 66.8 Å². The summed E-state index contributed by atoms with van der Waals surface area (Å²) >= 11 is 0. The smallest absolute Gasteiger partial charge is 0.410 e. The van der Waals surface area contributed by atoms with Crippen LogP contribution in [0.25, 0.3) is 0 Å². The van der Waals surface area contributed by atoms with Gasteiger partial charge >= 0.3 is 18.0 Å². The van der Waals surface area contributed by atoms with E-state index in [0.29, 0.717) is 42.7 Å². The quantitative estimate of drug-likeness (QED) is 0.0525. The molecule has 5 rings (SSSR count). The number of Topliss-reactive ketones (excluding diaryl/α,β-unsaturated/α-hetero) is 1. The van der Waals surface area contributed by atoms with Gasteiger partial charge in [-0.3, -0.25) is 15.1 Å². The third-order valence-corrected chi connectivity index (χ3v) is 9.19. The van der Waals surface area contributed by atoms with Gasteiger partial charge in [0.05, 0.1) is 11.6 Å². The van der Waals surface area contributed by atoms with Crippen molar-refractivity contribution in [2.45, 2.75) is 64.7 Å². The van der Waals surface area contributed by atoms with Gasteiger partial charge in [-0.15, -0.1) is 0 Å². The van der Waals surface area contributed by atoms with Gasteiger partial charge in [0, 0.05) is 29.5 Å². The van der Waals surface area contributed by atoms with Crippen molar-refractivity contribution in [1.29, 1.82) is 5.41 Å². The van der Waals surface area contributed by atoms with E-state index in [1.54, 1.807) is 24.3 Å². The lowest BCUT2D eigenvalue weighted by Crippen LogP contribution is -2.56. The molecule has 4 aromatic carbocycles. The molecule has 264 valence electrons. The summed E-state index contributed by atoms with van der Waals surface area (Å²) in [5.41, 5.74) is 5.80. The number of benzene rings is 4. The second-order valence-corrected chi connectivity index (χ2v) is 13.6. The maximum Gasteiger partial charge on any atom is 0.410 e. The highest BCUT2D eigenvalue weighted by Crippen LogP contribution is 2.40. The van der Waals surface area contributed by atoms with E-state index in [1.165, 1.54) is 29.2 Å². The summed E-state index contributed by atoms with van der Waals surface area (Å²) in [6.07, 6.45) is 1.28. The van der Waals surface area contributed by atoms with Crippen LogP contribution in [0.1, 0.15) is 77.4 Å². The Bertz CT molecular complexity index is 1850. The van der Waals surface area contributed by atoms with E-state index in [9.17, 15) is 19.2 Å². The van der Waals surface area contributed by atoms with E-state index in [1.807, 2.05) is 81.4 Å². The van der Waals surface area contributed by atoms with E-state index in [4.69, 9.17) is 25.4 Å². The Labute approximate surface area is 298 Å². The standard InChI is InChI=1S/C41H43N3O7/c1-40(2,3)41(25-24-28-11-6-4-7-12-28,38(47)50-37(46)32-18-16-31(17-19-32)36(42)43)51-33-22-20-30(21-23-33)35(45)34-15-10-26-44(34)39(48)49-27-29-13-8-5-9-14-29/h4-9,11-14,16-23,34H,10,15,24-27H2,1-3H3,(H3,42,43)/t34-,41?/m0/s1. The molecule has 10 nitrogen and oxygen atoms in total. The van der Waals surface area contributed by atoms with Crippen molar-refractivity contribution in [3.05, 3.63) is 137 Å². The molecule has 10 heteroatoms. The predicted molar refractivity (Wildman–Crippen MR) is 193 cm³/mol.